The first-order chi connectivity index (χ1) is 9.47. The molecule has 0 aliphatic carbocycles. The van der Waals surface area contributed by atoms with Crippen LogP contribution in [0.1, 0.15) is 5.56 Å². The van der Waals surface area contributed by atoms with Crippen LogP contribution in [0.4, 0.5) is 22.0 Å². The molecule has 0 radical (unpaired) electrons. The van der Waals surface area contributed by atoms with Gasteiger partial charge in [0.2, 0.25) is 5.82 Å². The van der Waals surface area contributed by atoms with Crippen molar-refractivity contribution in [3.8, 4) is 11.1 Å². The minimum atomic E-state index is -2.20. The zero-order valence-electron chi connectivity index (χ0n) is 9.67. The fraction of sp³-hybridized carbons (Fsp3) is 0. The summed E-state index contributed by atoms with van der Waals surface area (Å²) in [5, 5.41) is 11.0. The third kappa shape index (κ3) is 2.22. The van der Waals surface area contributed by atoms with E-state index in [1.54, 1.807) is 0 Å². The number of rotatable bonds is 2. The second-order valence-corrected chi connectivity index (χ2v) is 3.81. The van der Waals surface area contributed by atoms with Crippen LogP contribution in [0.5, 0.6) is 0 Å². The van der Waals surface area contributed by atoms with Crippen LogP contribution in [0.3, 0.4) is 0 Å². The van der Waals surface area contributed by atoms with Crippen LogP contribution in [0.15, 0.2) is 29.4 Å². The van der Waals surface area contributed by atoms with Crippen LogP contribution >= 0.6 is 0 Å². The van der Waals surface area contributed by atoms with E-state index in [0.29, 0.717) is 5.56 Å². The zero-order chi connectivity index (χ0) is 14.9. The molecule has 2 aromatic carbocycles. The minimum absolute atomic E-state index is 0.187. The topological polar surface area (TPSA) is 32.6 Å². The van der Waals surface area contributed by atoms with E-state index in [9.17, 15) is 22.0 Å². The Balaban J connectivity index is 2.63. The number of nitrogens with zero attached hydrogens (tertiary/aromatic N) is 1. The van der Waals surface area contributed by atoms with E-state index in [0.717, 1.165) is 18.3 Å². The van der Waals surface area contributed by atoms with Gasteiger partial charge in [-0.3, -0.25) is 0 Å². The van der Waals surface area contributed by atoms with Crippen LogP contribution in [0, 0.1) is 29.1 Å². The lowest BCUT2D eigenvalue weighted by Crippen LogP contribution is -2.04. The molecule has 0 atom stereocenters. The van der Waals surface area contributed by atoms with Crippen LogP contribution in [-0.4, -0.2) is 11.4 Å². The van der Waals surface area contributed by atoms with Gasteiger partial charge < -0.3 is 5.21 Å². The van der Waals surface area contributed by atoms with Crippen molar-refractivity contribution in [1.82, 2.24) is 0 Å². The van der Waals surface area contributed by atoms with Crippen LogP contribution < -0.4 is 0 Å². The lowest BCUT2D eigenvalue weighted by Gasteiger charge is -2.08. The summed E-state index contributed by atoms with van der Waals surface area (Å²) >= 11 is 0. The van der Waals surface area contributed by atoms with Crippen molar-refractivity contribution < 1.29 is 27.2 Å². The van der Waals surface area contributed by atoms with Gasteiger partial charge in [0.05, 0.1) is 11.8 Å². The largest absolute Gasteiger partial charge is 0.411 e. The maximum absolute atomic E-state index is 13.5. The highest BCUT2D eigenvalue weighted by Crippen LogP contribution is 2.31. The van der Waals surface area contributed by atoms with E-state index in [-0.39, 0.29) is 5.56 Å². The lowest BCUT2D eigenvalue weighted by molar-refractivity contribution is 0.322. The molecule has 1 N–H and O–H groups in total. The molecule has 7 heteroatoms. The zero-order valence-corrected chi connectivity index (χ0v) is 9.67. The third-order valence-electron chi connectivity index (χ3n) is 2.62. The van der Waals surface area contributed by atoms with Crippen molar-refractivity contribution in [2.75, 3.05) is 0 Å². The Bertz CT molecular complexity index is 653. The fourth-order valence-corrected chi connectivity index (χ4v) is 1.66. The van der Waals surface area contributed by atoms with Gasteiger partial charge in [0.25, 0.3) is 0 Å². The highest BCUT2D eigenvalue weighted by Gasteiger charge is 2.26. The molecule has 2 aromatic rings. The summed E-state index contributed by atoms with van der Waals surface area (Å²) in [5.74, 6) is -10.00. The monoisotopic (exact) mass is 287 g/mol. The number of hydrogen-bond donors (Lipinski definition) is 1. The summed E-state index contributed by atoms with van der Waals surface area (Å²) in [6, 6.07) is 4.89. The summed E-state index contributed by atoms with van der Waals surface area (Å²) < 4.78 is 66.2. The fourth-order valence-electron chi connectivity index (χ4n) is 1.66. The second-order valence-electron chi connectivity index (χ2n) is 3.81. The average molecular weight is 287 g/mol. The third-order valence-corrected chi connectivity index (χ3v) is 2.62. The normalized spacial score (nSPS) is 11.2. The van der Waals surface area contributed by atoms with E-state index in [2.05, 4.69) is 5.16 Å². The number of oxime groups is 1. The Labute approximate surface area is 109 Å². The van der Waals surface area contributed by atoms with Gasteiger partial charge >= 0.3 is 0 Å². The second kappa shape index (κ2) is 5.28. The molecule has 0 saturated heterocycles. The molecule has 104 valence electrons. The molecule has 0 amide bonds. The van der Waals surface area contributed by atoms with Gasteiger partial charge in [-0.15, -0.1) is 0 Å². The summed E-state index contributed by atoms with van der Waals surface area (Å²) in [6.45, 7) is 0. The number of benzene rings is 2. The Morgan fingerprint density at radius 1 is 0.750 bits per heavy atom. The number of hydrogen-bond acceptors (Lipinski definition) is 2. The summed E-state index contributed by atoms with van der Waals surface area (Å²) in [5.41, 5.74) is -0.804. The van der Waals surface area contributed by atoms with Crippen molar-refractivity contribution in [3.05, 3.63) is 58.9 Å². The van der Waals surface area contributed by atoms with Gasteiger partial charge in [0.15, 0.2) is 23.3 Å². The summed E-state index contributed by atoms with van der Waals surface area (Å²) in [4.78, 5) is 0. The van der Waals surface area contributed by atoms with E-state index in [4.69, 9.17) is 5.21 Å². The highest BCUT2D eigenvalue weighted by atomic mass is 19.2. The predicted octanol–water partition coefficient (Wildman–Crippen LogP) is 3.86. The van der Waals surface area contributed by atoms with Crippen molar-refractivity contribution in [1.29, 1.82) is 0 Å². The Morgan fingerprint density at radius 3 is 1.65 bits per heavy atom. The van der Waals surface area contributed by atoms with E-state index in [1.807, 2.05) is 0 Å². The molecular formula is C13H6F5NO. The molecule has 0 aliphatic rings. The smallest absolute Gasteiger partial charge is 0.200 e. The molecule has 0 saturated carbocycles. The quantitative estimate of drug-likeness (QED) is 0.223. The van der Waals surface area contributed by atoms with Crippen molar-refractivity contribution >= 4 is 6.21 Å². The Hall–Kier alpha value is -2.44. The van der Waals surface area contributed by atoms with Gasteiger partial charge in [-0.25, -0.2) is 22.0 Å². The standard InChI is InChI=1S/C13H6F5NO/c14-9-8(10(15)12(17)13(18)11(9)16)7-3-1-6(2-4-7)5-19-20/h1-5,20H/b19-5+. The molecule has 20 heavy (non-hydrogen) atoms. The van der Waals surface area contributed by atoms with E-state index in [1.165, 1.54) is 12.1 Å². The van der Waals surface area contributed by atoms with Gasteiger partial charge in [-0.05, 0) is 11.1 Å². The molecule has 0 aliphatic heterocycles. The van der Waals surface area contributed by atoms with Crippen molar-refractivity contribution in [3.63, 3.8) is 0 Å². The Morgan fingerprint density at radius 2 is 1.20 bits per heavy atom. The molecule has 0 bridgehead atoms. The number of halogens is 5. The molecule has 0 fully saturated rings. The molecule has 2 nitrogen and oxygen atoms in total. The van der Waals surface area contributed by atoms with Crippen LogP contribution in [-0.2, 0) is 0 Å². The van der Waals surface area contributed by atoms with Gasteiger partial charge in [-0.2, -0.15) is 0 Å². The molecular weight excluding hydrogens is 281 g/mol. The molecule has 2 rings (SSSR count). The lowest BCUT2D eigenvalue weighted by atomic mass is 10.0. The first-order valence-electron chi connectivity index (χ1n) is 5.26. The van der Waals surface area contributed by atoms with Crippen molar-refractivity contribution in [2.45, 2.75) is 0 Å². The first-order valence-corrected chi connectivity index (χ1v) is 5.26. The maximum Gasteiger partial charge on any atom is 0.200 e. The predicted molar refractivity (Wildman–Crippen MR) is 61.0 cm³/mol. The van der Waals surface area contributed by atoms with Gasteiger partial charge in [0, 0.05) is 0 Å². The van der Waals surface area contributed by atoms with Gasteiger partial charge in [-0.1, -0.05) is 29.4 Å². The molecule has 0 aromatic heterocycles. The molecule has 0 unspecified atom stereocenters. The average Bonchev–Trinajstić information content (AvgIpc) is 2.45. The first kappa shape index (κ1) is 14.0. The molecule has 0 spiro atoms. The van der Waals surface area contributed by atoms with Gasteiger partial charge in [0.1, 0.15) is 0 Å². The molecule has 0 heterocycles. The maximum atomic E-state index is 13.5. The van der Waals surface area contributed by atoms with Crippen LogP contribution in [0.25, 0.3) is 11.1 Å². The summed E-state index contributed by atoms with van der Waals surface area (Å²) in [7, 11) is 0. The van der Waals surface area contributed by atoms with Crippen molar-refractivity contribution in [2.24, 2.45) is 5.16 Å². The minimum Gasteiger partial charge on any atom is -0.411 e. The van der Waals surface area contributed by atoms with E-state index >= 15 is 0 Å². The Kier molecular flexibility index (Phi) is 3.69. The summed E-state index contributed by atoms with van der Waals surface area (Å²) in [6.07, 6.45) is 1.04. The van der Waals surface area contributed by atoms with E-state index < -0.39 is 34.6 Å². The van der Waals surface area contributed by atoms with Crippen LogP contribution in [0.2, 0.25) is 0 Å². The SMILES string of the molecule is O/N=C/c1ccc(-c2c(F)c(F)c(F)c(F)c2F)cc1. The highest BCUT2D eigenvalue weighted by molar-refractivity contribution is 5.80.